The van der Waals surface area contributed by atoms with Crippen molar-refractivity contribution in [3.05, 3.63) is 0 Å². The highest BCUT2D eigenvalue weighted by molar-refractivity contribution is 5.82. The quantitative estimate of drug-likeness (QED) is 0.436. The molecule has 4 heteroatoms. The molecule has 0 atom stereocenters. The minimum atomic E-state index is -0.627. The minimum absolute atomic E-state index is 0.0438. The third-order valence-electron chi connectivity index (χ3n) is 1.42. The van der Waals surface area contributed by atoms with Crippen molar-refractivity contribution in [2.45, 2.75) is 6.92 Å². The van der Waals surface area contributed by atoms with Gasteiger partial charge in [-0.15, -0.1) is 0 Å². The molecule has 0 saturated carbocycles. The normalized spacial score (nSPS) is 19.5. The fourth-order valence-corrected chi connectivity index (χ4v) is 0.677. The van der Waals surface area contributed by atoms with E-state index >= 15 is 0 Å². The van der Waals surface area contributed by atoms with Gasteiger partial charge < -0.3 is 14.9 Å². The zero-order valence-electron chi connectivity index (χ0n) is 5.72. The molecular weight excluding hydrogens is 134 g/mol. The first kappa shape index (κ1) is 7.05. The lowest BCUT2D eigenvalue weighted by Crippen LogP contribution is -2.31. The Morgan fingerprint density at radius 1 is 1.60 bits per heavy atom. The summed E-state index contributed by atoms with van der Waals surface area (Å²) in [6.07, 6.45) is -0.627. The summed E-state index contributed by atoms with van der Waals surface area (Å²) >= 11 is 0. The van der Waals surface area contributed by atoms with E-state index in [1.807, 2.05) is 0 Å². The van der Waals surface area contributed by atoms with Gasteiger partial charge in [-0.1, -0.05) is 0 Å². The van der Waals surface area contributed by atoms with Gasteiger partial charge in [0.25, 0.3) is 0 Å². The number of nitrogens with one attached hydrogen (secondary N) is 1. The van der Waals surface area contributed by atoms with Crippen LogP contribution in [0.3, 0.4) is 0 Å². The Labute approximate surface area is 58.6 Å². The second-order valence-corrected chi connectivity index (χ2v) is 2.25. The Balaban J connectivity index is 2.40. The Bertz CT molecular complexity index is 156. The molecule has 1 heterocycles. The molecule has 1 aliphatic rings. The first-order chi connectivity index (χ1) is 4.70. The molecule has 0 aliphatic carbocycles. The molecule has 1 N–H and O–H groups in total. The van der Waals surface area contributed by atoms with Crippen molar-refractivity contribution in [1.29, 1.82) is 5.41 Å². The zero-order valence-corrected chi connectivity index (χ0v) is 5.72. The van der Waals surface area contributed by atoms with E-state index in [0.29, 0.717) is 5.71 Å². The minimum Gasteiger partial charge on any atom is -0.433 e. The standard InChI is InChI=1S/C6H9NO3/c1-4(7)5-2-9-6(8)10-3-5/h5,7H,2-3H2,1H3. The molecule has 0 unspecified atom stereocenters. The molecule has 0 aromatic heterocycles. The fourth-order valence-electron chi connectivity index (χ4n) is 0.677. The van der Waals surface area contributed by atoms with Crippen LogP contribution in [0.15, 0.2) is 0 Å². The smallest absolute Gasteiger partial charge is 0.433 e. The molecule has 56 valence electrons. The largest absolute Gasteiger partial charge is 0.508 e. The van der Waals surface area contributed by atoms with Gasteiger partial charge in [0.15, 0.2) is 0 Å². The predicted molar refractivity (Wildman–Crippen MR) is 34.2 cm³/mol. The Morgan fingerprint density at radius 3 is 2.50 bits per heavy atom. The number of hydrogen-bond acceptors (Lipinski definition) is 4. The van der Waals surface area contributed by atoms with Gasteiger partial charge in [0, 0.05) is 5.71 Å². The molecule has 0 aromatic carbocycles. The van der Waals surface area contributed by atoms with E-state index < -0.39 is 6.16 Å². The lowest BCUT2D eigenvalue weighted by Gasteiger charge is -2.20. The summed E-state index contributed by atoms with van der Waals surface area (Å²) < 4.78 is 9.10. The number of carbonyl (C=O) groups is 1. The average Bonchev–Trinajstić information content (AvgIpc) is 1.88. The first-order valence-corrected chi connectivity index (χ1v) is 3.04. The lowest BCUT2D eigenvalue weighted by atomic mass is 10.1. The van der Waals surface area contributed by atoms with Gasteiger partial charge >= 0.3 is 6.16 Å². The number of ether oxygens (including phenoxy) is 2. The molecule has 0 spiro atoms. The number of carbonyl (C=O) groups excluding carboxylic acids is 1. The molecule has 0 amide bonds. The van der Waals surface area contributed by atoms with E-state index in [9.17, 15) is 4.79 Å². The summed E-state index contributed by atoms with van der Waals surface area (Å²) in [5.74, 6) is -0.0438. The lowest BCUT2D eigenvalue weighted by molar-refractivity contribution is 0.00409. The van der Waals surface area contributed by atoms with Crippen LogP contribution in [0, 0.1) is 11.3 Å². The van der Waals surface area contributed by atoms with Crippen molar-refractivity contribution < 1.29 is 14.3 Å². The Morgan fingerprint density at radius 2 is 2.10 bits per heavy atom. The van der Waals surface area contributed by atoms with E-state index in [1.54, 1.807) is 6.92 Å². The van der Waals surface area contributed by atoms with Crippen molar-refractivity contribution in [2.24, 2.45) is 5.92 Å². The highest BCUT2D eigenvalue weighted by Gasteiger charge is 2.21. The summed E-state index contributed by atoms with van der Waals surface area (Å²) in [5, 5.41) is 7.18. The van der Waals surface area contributed by atoms with E-state index in [1.165, 1.54) is 0 Å². The van der Waals surface area contributed by atoms with Crippen molar-refractivity contribution in [3.8, 4) is 0 Å². The first-order valence-electron chi connectivity index (χ1n) is 3.04. The number of cyclic esters (lactones) is 2. The van der Waals surface area contributed by atoms with Crippen LogP contribution >= 0.6 is 0 Å². The van der Waals surface area contributed by atoms with Crippen molar-refractivity contribution in [3.63, 3.8) is 0 Å². The van der Waals surface area contributed by atoms with E-state index in [4.69, 9.17) is 5.41 Å². The van der Waals surface area contributed by atoms with Crippen LogP contribution in [-0.4, -0.2) is 25.1 Å². The van der Waals surface area contributed by atoms with Crippen LogP contribution in [0.2, 0.25) is 0 Å². The van der Waals surface area contributed by atoms with Crippen molar-refractivity contribution in [2.75, 3.05) is 13.2 Å². The molecule has 0 bridgehead atoms. The second kappa shape index (κ2) is 2.68. The molecule has 10 heavy (non-hydrogen) atoms. The second-order valence-electron chi connectivity index (χ2n) is 2.25. The van der Waals surface area contributed by atoms with Gasteiger partial charge in [0.1, 0.15) is 13.2 Å². The SMILES string of the molecule is CC(=N)C1COC(=O)OC1. The van der Waals surface area contributed by atoms with E-state index in [-0.39, 0.29) is 19.1 Å². The Hall–Kier alpha value is -1.06. The highest BCUT2D eigenvalue weighted by Crippen LogP contribution is 2.07. The van der Waals surface area contributed by atoms with Crippen molar-refractivity contribution in [1.82, 2.24) is 0 Å². The maximum absolute atomic E-state index is 10.3. The molecule has 1 saturated heterocycles. The maximum Gasteiger partial charge on any atom is 0.508 e. The van der Waals surface area contributed by atoms with Gasteiger partial charge in [0.05, 0.1) is 5.92 Å². The van der Waals surface area contributed by atoms with E-state index in [0.717, 1.165) is 0 Å². The summed E-state index contributed by atoms with van der Waals surface area (Å²) in [5.41, 5.74) is 0.493. The van der Waals surface area contributed by atoms with Crippen LogP contribution in [0.5, 0.6) is 0 Å². The average molecular weight is 143 g/mol. The van der Waals surface area contributed by atoms with Crippen LogP contribution in [0.4, 0.5) is 4.79 Å². The summed E-state index contributed by atoms with van der Waals surface area (Å²) in [6.45, 7) is 2.25. The highest BCUT2D eigenvalue weighted by atomic mass is 16.7. The Kier molecular flexibility index (Phi) is 1.89. The van der Waals surface area contributed by atoms with Crippen LogP contribution in [0.25, 0.3) is 0 Å². The topological polar surface area (TPSA) is 59.4 Å². The molecule has 1 fully saturated rings. The third kappa shape index (κ3) is 1.46. The molecule has 1 rings (SSSR count). The monoisotopic (exact) mass is 143 g/mol. The molecule has 4 nitrogen and oxygen atoms in total. The van der Waals surface area contributed by atoms with Crippen LogP contribution < -0.4 is 0 Å². The molecular formula is C6H9NO3. The predicted octanol–water partition coefficient (Wildman–Crippen LogP) is 0.809. The summed E-state index contributed by atoms with van der Waals surface area (Å²) in [6, 6.07) is 0. The van der Waals surface area contributed by atoms with Crippen molar-refractivity contribution >= 4 is 11.9 Å². The van der Waals surface area contributed by atoms with E-state index in [2.05, 4.69) is 9.47 Å². The molecule has 0 radical (unpaired) electrons. The van der Waals surface area contributed by atoms with Crippen LogP contribution in [-0.2, 0) is 9.47 Å². The molecule has 1 aliphatic heterocycles. The molecule has 0 aromatic rings. The summed E-state index contributed by atoms with van der Waals surface area (Å²) in [7, 11) is 0. The van der Waals surface area contributed by atoms with Gasteiger partial charge in [-0.2, -0.15) is 0 Å². The zero-order chi connectivity index (χ0) is 7.56. The third-order valence-corrected chi connectivity index (χ3v) is 1.42. The van der Waals surface area contributed by atoms with Gasteiger partial charge in [-0.25, -0.2) is 4.79 Å². The summed E-state index contributed by atoms with van der Waals surface area (Å²) in [4.78, 5) is 10.3. The number of rotatable bonds is 1. The maximum atomic E-state index is 10.3. The number of hydrogen-bond donors (Lipinski definition) is 1. The van der Waals surface area contributed by atoms with Crippen LogP contribution in [0.1, 0.15) is 6.92 Å². The van der Waals surface area contributed by atoms with Gasteiger partial charge in [-0.05, 0) is 6.92 Å². The fraction of sp³-hybridized carbons (Fsp3) is 0.667. The van der Waals surface area contributed by atoms with Gasteiger partial charge in [0.2, 0.25) is 0 Å². The van der Waals surface area contributed by atoms with Gasteiger partial charge in [-0.3, -0.25) is 0 Å².